The lowest BCUT2D eigenvalue weighted by Gasteiger charge is -2.02. The number of esters is 1. The fourth-order valence-corrected chi connectivity index (χ4v) is 1.31. The molecule has 1 aromatic carbocycles. The van der Waals surface area contributed by atoms with Crippen molar-refractivity contribution in [2.75, 3.05) is 7.11 Å². The second kappa shape index (κ2) is 5.90. The number of carbonyl (C=O) groups excluding carboxylic acids is 1. The monoisotopic (exact) mass is 222 g/mol. The smallest absolute Gasteiger partial charge is 0.309 e. The van der Waals surface area contributed by atoms with Gasteiger partial charge in [-0.25, -0.2) is 0 Å². The van der Waals surface area contributed by atoms with Gasteiger partial charge in [0.2, 0.25) is 0 Å². The zero-order valence-corrected chi connectivity index (χ0v) is 9.10. The number of carbonyl (C=O) groups is 2. The SMILES string of the molecule is COC(=O)Cc1ccc(CCC(=O)O)cc1. The van der Waals surface area contributed by atoms with Gasteiger partial charge in [0, 0.05) is 6.42 Å². The molecule has 1 aromatic rings. The summed E-state index contributed by atoms with van der Waals surface area (Å²) in [6, 6.07) is 7.30. The second-order valence-electron chi connectivity index (χ2n) is 3.46. The van der Waals surface area contributed by atoms with Crippen molar-refractivity contribution in [3.05, 3.63) is 35.4 Å². The lowest BCUT2D eigenvalue weighted by atomic mass is 10.1. The quantitative estimate of drug-likeness (QED) is 0.765. The van der Waals surface area contributed by atoms with Crippen LogP contribution in [0, 0.1) is 0 Å². The van der Waals surface area contributed by atoms with Gasteiger partial charge in [-0.2, -0.15) is 0 Å². The van der Waals surface area contributed by atoms with Crippen molar-refractivity contribution in [3.63, 3.8) is 0 Å². The number of carboxylic acid groups (broad SMARTS) is 1. The van der Waals surface area contributed by atoms with E-state index in [9.17, 15) is 9.59 Å². The van der Waals surface area contributed by atoms with Crippen LogP contribution in [0.1, 0.15) is 17.5 Å². The molecule has 0 heterocycles. The zero-order chi connectivity index (χ0) is 12.0. The van der Waals surface area contributed by atoms with E-state index in [1.165, 1.54) is 7.11 Å². The molecule has 86 valence electrons. The summed E-state index contributed by atoms with van der Waals surface area (Å²) < 4.78 is 4.55. The molecule has 0 aliphatic heterocycles. The maximum absolute atomic E-state index is 11.0. The highest BCUT2D eigenvalue weighted by molar-refractivity contribution is 5.72. The third-order valence-corrected chi connectivity index (χ3v) is 2.23. The topological polar surface area (TPSA) is 63.6 Å². The summed E-state index contributed by atoms with van der Waals surface area (Å²) in [5, 5.41) is 8.52. The minimum Gasteiger partial charge on any atom is -0.481 e. The Hall–Kier alpha value is -1.84. The molecule has 0 spiro atoms. The average Bonchev–Trinajstić information content (AvgIpc) is 2.28. The molecule has 0 radical (unpaired) electrons. The molecule has 0 fully saturated rings. The van der Waals surface area contributed by atoms with Gasteiger partial charge >= 0.3 is 11.9 Å². The van der Waals surface area contributed by atoms with Crippen molar-refractivity contribution < 1.29 is 19.4 Å². The molecular weight excluding hydrogens is 208 g/mol. The van der Waals surface area contributed by atoms with Crippen molar-refractivity contribution in [1.29, 1.82) is 0 Å². The molecule has 0 aliphatic rings. The third kappa shape index (κ3) is 4.13. The van der Waals surface area contributed by atoms with Crippen molar-refractivity contribution in [3.8, 4) is 0 Å². The molecule has 0 aromatic heterocycles. The van der Waals surface area contributed by atoms with Crippen LogP contribution in [0.15, 0.2) is 24.3 Å². The lowest BCUT2D eigenvalue weighted by molar-refractivity contribution is -0.140. The number of aryl methyl sites for hydroxylation is 1. The maximum atomic E-state index is 11.0. The Morgan fingerprint density at radius 2 is 1.75 bits per heavy atom. The van der Waals surface area contributed by atoms with Crippen LogP contribution >= 0.6 is 0 Å². The number of benzene rings is 1. The summed E-state index contributed by atoms with van der Waals surface area (Å²) >= 11 is 0. The van der Waals surface area contributed by atoms with Crippen molar-refractivity contribution >= 4 is 11.9 Å². The molecule has 16 heavy (non-hydrogen) atoms. The Balaban J connectivity index is 2.54. The fourth-order valence-electron chi connectivity index (χ4n) is 1.31. The molecule has 0 amide bonds. The molecule has 4 heteroatoms. The van der Waals surface area contributed by atoms with Gasteiger partial charge in [-0.1, -0.05) is 24.3 Å². The first-order valence-electron chi connectivity index (χ1n) is 4.98. The fraction of sp³-hybridized carbons (Fsp3) is 0.333. The van der Waals surface area contributed by atoms with E-state index in [1.807, 2.05) is 24.3 Å². The Kier molecular flexibility index (Phi) is 4.51. The molecule has 0 atom stereocenters. The van der Waals surface area contributed by atoms with Gasteiger partial charge in [-0.15, -0.1) is 0 Å². The number of hydrogen-bond acceptors (Lipinski definition) is 3. The largest absolute Gasteiger partial charge is 0.481 e. The Morgan fingerprint density at radius 3 is 2.25 bits per heavy atom. The molecule has 4 nitrogen and oxygen atoms in total. The van der Waals surface area contributed by atoms with Crippen LogP contribution in [0.25, 0.3) is 0 Å². The average molecular weight is 222 g/mol. The molecule has 1 N–H and O–H groups in total. The first kappa shape index (κ1) is 12.2. The summed E-state index contributed by atoms with van der Waals surface area (Å²) in [4.78, 5) is 21.3. The van der Waals surface area contributed by atoms with E-state index >= 15 is 0 Å². The third-order valence-electron chi connectivity index (χ3n) is 2.23. The molecule has 0 saturated heterocycles. The number of methoxy groups -OCH3 is 1. The summed E-state index contributed by atoms with van der Waals surface area (Å²) in [5.74, 6) is -1.09. The highest BCUT2D eigenvalue weighted by Crippen LogP contribution is 2.07. The highest BCUT2D eigenvalue weighted by Gasteiger charge is 2.03. The Labute approximate surface area is 93.9 Å². The van der Waals surface area contributed by atoms with Gasteiger partial charge in [-0.3, -0.25) is 9.59 Å². The summed E-state index contributed by atoms with van der Waals surface area (Å²) in [6.07, 6.45) is 0.875. The Bertz CT molecular complexity index is 367. The number of rotatable bonds is 5. The van der Waals surface area contributed by atoms with Gasteiger partial charge in [0.1, 0.15) is 0 Å². The van der Waals surface area contributed by atoms with Gasteiger partial charge in [0.15, 0.2) is 0 Å². The van der Waals surface area contributed by atoms with Crippen LogP contribution in [-0.4, -0.2) is 24.2 Å². The summed E-state index contributed by atoms with van der Waals surface area (Å²) in [7, 11) is 1.35. The summed E-state index contributed by atoms with van der Waals surface area (Å²) in [6.45, 7) is 0. The van der Waals surface area contributed by atoms with E-state index in [0.29, 0.717) is 6.42 Å². The van der Waals surface area contributed by atoms with Crippen molar-refractivity contribution in [1.82, 2.24) is 0 Å². The van der Waals surface area contributed by atoms with Crippen LogP contribution in [0.2, 0.25) is 0 Å². The Morgan fingerprint density at radius 1 is 1.19 bits per heavy atom. The van der Waals surface area contributed by atoms with E-state index in [-0.39, 0.29) is 18.8 Å². The first-order valence-corrected chi connectivity index (χ1v) is 4.98. The van der Waals surface area contributed by atoms with E-state index in [0.717, 1.165) is 11.1 Å². The van der Waals surface area contributed by atoms with Gasteiger partial charge in [0.05, 0.1) is 13.5 Å². The number of ether oxygens (including phenoxy) is 1. The molecular formula is C12H14O4. The molecule has 1 rings (SSSR count). The highest BCUT2D eigenvalue weighted by atomic mass is 16.5. The van der Waals surface area contributed by atoms with Gasteiger partial charge in [-0.05, 0) is 17.5 Å². The lowest BCUT2D eigenvalue weighted by Crippen LogP contribution is -2.04. The first-order chi connectivity index (χ1) is 7.61. The van der Waals surface area contributed by atoms with Crippen LogP contribution in [0.4, 0.5) is 0 Å². The van der Waals surface area contributed by atoms with E-state index in [1.54, 1.807) is 0 Å². The van der Waals surface area contributed by atoms with Crippen LogP contribution in [-0.2, 0) is 27.2 Å². The zero-order valence-electron chi connectivity index (χ0n) is 9.10. The van der Waals surface area contributed by atoms with Crippen LogP contribution in [0.5, 0.6) is 0 Å². The number of carboxylic acids is 1. The van der Waals surface area contributed by atoms with Crippen molar-refractivity contribution in [2.24, 2.45) is 0 Å². The van der Waals surface area contributed by atoms with E-state index in [4.69, 9.17) is 5.11 Å². The second-order valence-corrected chi connectivity index (χ2v) is 3.46. The normalized spacial score (nSPS) is 9.81. The van der Waals surface area contributed by atoms with Crippen LogP contribution in [0.3, 0.4) is 0 Å². The van der Waals surface area contributed by atoms with E-state index < -0.39 is 5.97 Å². The molecule has 0 unspecified atom stereocenters. The van der Waals surface area contributed by atoms with Gasteiger partial charge in [0.25, 0.3) is 0 Å². The predicted octanol–water partition coefficient (Wildman–Crippen LogP) is 1.42. The number of aliphatic carboxylic acids is 1. The molecule has 0 bridgehead atoms. The van der Waals surface area contributed by atoms with Crippen molar-refractivity contribution in [2.45, 2.75) is 19.3 Å². The number of hydrogen-bond donors (Lipinski definition) is 1. The van der Waals surface area contributed by atoms with Gasteiger partial charge < -0.3 is 9.84 Å². The summed E-state index contributed by atoms with van der Waals surface area (Å²) in [5.41, 5.74) is 1.82. The van der Waals surface area contributed by atoms with E-state index in [2.05, 4.69) is 4.74 Å². The molecule has 0 saturated carbocycles. The van der Waals surface area contributed by atoms with Crippen LogP contribution < -0.4 is 0 Å². The minimum atomic E-state index is -0.807. The maximum Gasteiger partial charge on any atom is 0.309 e. The predicted molar refractivity (Wildman–Crippen MR) is 58.1 cm³/mol. The minimum absolute atomic E-state index is 0.121. The standard InChI is InChI=1S/C12H14O4/c1-16-12(15)8-10-4-2-9(3-5-10)6-7-11(13)14/h2-5H,6-8H2,1H3,(H,13,14). The molecule has 0 aliphatic carbocycles.